The highest BCUT2D eigenvalue weighted by molar-refractivity contribution is 6.32. The molecule has 0 aliphatic carbocycles. The SMILES string of the molecule is Cc1oc2ncnc(Oc3ccc(F)cc3Cl)c2c1C. The summed E-state index contributed by atoms with van der Waals surface area (Å²) in [4.78, 5) is 8.15. The Bertz CT molecular complexity index is 801. The Labute approximate surface area is 119 Å². The molecule has 3 aromatic rings. The molecular weight excluding hydrogens is 283 g/mol. The second-order valence-corrected chi connectivity index (χ2v) is 4.73. The van der Waals surface area contributed by atoms with Crippen molar-refractivity contribution < 1.29 is 13.5 Å². The van der Waals surface area contributed by atoms with Gasteiger partial charge in [-0.05, 0) is 32.0 Å². The summed E-state index contributed by atoms with van der Waals surface area (Å²) in [6, 6.07) is 3.91. The predicted octanol–water partition coefficient (Wildman–Crippen LogP) is 4.42. The maximum absolute atomic E-state index is 13.0. The Morgan fingerprint density at radius 3 is 2.80 bits per heavy atom. The molecule has 0 saturated carbocycles. The van der Waals surface area contributed by atoms with Crippen molar-refractivity contribution in [1.82, 2.24) is 9.97 Å². The highest BCUT2D eigenvalue weighted by Gasteiger charge is 2.16. The number of nitrogens with zero attached hydrogens (tertiary/aromatic N) is 2. The molecule has 0 amide bonds. The van der Waals surface area contributed by atoms with Crippen LogP contribution in [0.5, 0.6) is 11.6 Å². The van der Waals surface area contributed by atoms with Crippen LogP contribution in [0.15, 0.2) is 28.9 Å². The molecule has 0 saturated heterocycles. The molecule has 4 nitrogen and oxygen atoms in total. The lowest BCUT2D eigenvalue weighted by Crippen LogP contribution is -1.92. The minimum atomic E-state index is -0.425. The molecule has 0 aliphatic rings. The Balaban J connectivity index is 2.11. The minimum absolute atomic E-state index is 0.176. The number of ether oxygens (including phenoxy) is 1. The van der Waals surface area contributed by atoms with Gasteiger partial charge in [0.05, 0.1) is 5.02 Å². The van der Waals surface area contributed by atoms with E-state index in [0.717, 1.165) is 11.3 Å². The topological polar surface area (TPSA) is 48.2 Å². The predicted molar refractivity (Wildman–Crippen MR) is 72.8 cm³/mol. The number of furan rings is 1. The van der Waals surface area contributed by atoms with Crippen molar-refractivity contribution in [2.75, 3.05) is 0 Å². The molecule has 0 bridgehead atoms. The van der Waals surface area contributed by atoms with E-state index < -0.39 is 5.82 Å². The Kier molecular flexibility index (Phi) is 3.06. The molecule has 1 aromatic carbocycles. The molecule has 0 unspecified atom stereocenters. The molecule has 0 N–H and O–H groups in total. The van der Waals surface area contributed by atoms with Crippen LogP contribution >= 0.6 is 11.6 Å². The van der Waals surface area contributed by atoms with E-state index in [0.29, 0.717) is 22.7 Å². The van der Waals surface area contributed by atoms with Crippen molar-refractivity contribution >= 4 is 22.7 Å². The lowest BCUT2D eigenvalue weighted by Gasteiger charge is -2.07. The molecule has 0 spiro atoms. The van der Waals surface area contributed by atoms with Gasteiger partial charge in [0.2, 0.25) is 11.6 Å². The summed E-state index contributed by atoms with van der Waals surface area (Å²) in [5.41, 5.74) is 1.34. The van der Waals surface area contributed by atoms with E-state index in [9.17, 15) is 4.39 Å². The van der Waals surface area contributed by atoms with Crippen LogP contribution < -0.4 is 4.74 Å². The van der Waals surface area contributed by atoms with E-state index in [1.165, 1.54) is 24.5 Å². The van der Waals surface area contributed by atoms with Crippen LogP contribution in [0.25, 0.3) is 11.1 Å². The Morgan fingerprint density at radius 2 is 2.05 bits per heavy atom. The molecule has 0 radical (unpaired) electrons. The van der Waals surface area contributed by atoms with Crippen molar-refractivity contribution in [3.8, 4) is 11.6 Å². The van der Waals surface area contributed by atoms with E-state index >= 15 is 0 Å². The summed E-state index contributed by atoms with van der Waals surface area (Å²) < 4.78 is 24.2. The maximum Gasteiger partial charge on any atom is 0.233 e. The van der Waals surface area contributed by atoms with Crippen LogP contribution in [0.4, 0.5) is 4.39 Å². The first-order valence-electron chi connectivity index (χ1n) is 5.90. The van der Waals surface area contributed by atoms with Crippen molar-refractivity contribution in [2.24, 2.45) is 0 Å². The van der Waals surface area contributed by atoms with E-state index in [1.807, 2.05) is 13.8 Å². The van der Waals surface area contributed by atoms with Crippen molar-refractivity contribution in [3.63, 3.8) is 0 Å². The number of aromatic nitrogens is 2. The molecule has 6 heteroatoms. The van der Waals surface area contributed by atoms with Gasteiger partial charge in [-0.3, -0.25) is 0 Å². The number of fused-ring (bicyclic) bond motifs is 1. The van der Waals surface area contributed by atoms with Crippen LogP contribution in [0, 0.1) is 19.7 Å². The number of hydrogen-bond acceptors (Lipinski definition) is 4. The number of hydrogen-bond donors (Lipinski definition) is 0. The summed E-state index contributed by atoms with van der Waals surface area (Å²) in [6.45, 7) is 3.73. The zero-order chi connectivity index (χ0) is 14.3. The molecule has 2 aromatic heterocycles. The lowest BCUT2D eigenvalue weighted by molar-refractivity contribution is 0.465. The Morgan fingerprint density at radius 1 is 1.25 bits per heavy atom. The third-order valence-corrected chi connectivity index (χ3v) is 3.33. The fourth-order valence-corrected chi connectivity index (χ4v) is 2.10. The van der Waals surface area contributed by atoms with Crippen molar-refractivity contribution in [1.29, 1.82) is 0 Å². The van der Waals surface area contributed by atoms with Gasteiger partial charge in [0.15, 0.2) is 0 Å². The first-order valence-corrected chi connectivity index (χ1v) is 6.27. The monoisotopic (exact) mass is 292 g/mol. The zero-order valence-corrected chi connectivity index (χ0v) is 11.5. The highest BCUT2D eigenvalue weighted by Crippen LogP contribution is 2.35. The molecule has 0 atom stereocenters. The van der Waals surface area contributed by atoms with E-state index in [2.05, 4.69) is 9.97 Å². The Hall–Kier alpha value is -2.14. The normalized spacial score (nSPS) is 11.0. The first kappa shape index (κ1) is 12.9. The highest BCUT2D eigenvalue weighted by atomic mass is 35.5. The van der Waals surface area contributed by atoms with Gasteiger partial charge in [0.1, 0.15) is 29.0 Å². The van der Waals surface area contributed by atoms with Crippen molar-refractivity contribution in [2.45, 2.75) is 13.8 Å². The van der Waals surface area contributed by atoms with Gasteiger partial charge in [0.25, 0.3) is 0 Å². The summed E-state index contributed by atoms with van der Waals surface area (Å²) in [7, 11) is 0. The van der Waals surface area contributed by atoms with Gasteiger partial charge in [-0.1, -0.05) is 11.6 Å². The van der Waals surface area contributed by atoms with Gasteiger partial charge in [-0.2, -0.15) is 0 Å². The summed E-state index contributed by atoms with van der Waals surface area (Å²) in [5.74, 6) is 0.977. The lowest BCUT2D eigenvalue weighted by atomic mass is 10.2. The quantitative estimate of drug-likeness (QED) is 0.701. The first-order chi connectivity index (χ1) is 9.56. The third-order valence-electron chi connectivity index (χ3n) is 3.03. The van der Waals surface area contributed by atoms with Gasteiger partial charge < -0.3 is 9.15 Å². The van der Waals surface area contributed by atoms with Crippen LogP contribution in [0.2, 0.25) is 5.02 Å². The van der Waals surface area contributed by atoms with Gasteiger partial charge in [-0.25, -0.2) is 14.4 Å². The number of halogens is 2. The molecule has 20 heavy (non-hydrogen) atoms. The smallest absolute Gasteiger partial charge is 0.233 e. The maximum atomic E-state index is 13.0. The standard InChI is InChI=1S/C14H10ClFN2O2/c1-7-8(2)19-13-12(7)14(18-6-17-13)20-11-4-3-9(16)5-10(11)15/h3-6H,1-2H3. The van der Waals surface area contributed by atoms with Gasteiger partial charge in [-0.15, -0.1) is 0 Å². The van der Waals surface area contributed by atoms with Gasteiger partial charge >= 0.3 is 0 Å². The zero-order valence-electron chi connectivity index (χ0n) is 10.8. The third kappa shape index (κ3) is 2.10. The molecule has 102 valence electrons. The second-order valence-electron chi connectivity index (χ2n) is 4.32. The molecule has 3 rings (SSSR count). The van der Waals surface area contributed by atoms with E-state index in [1.54, 1.807) is 0 Å². The summed E-state index contributed by atoms with van der Waals surface area (Å²) >= 11 is 5.94. The fourth-order valence-electron chi connectivity index (χ4n) is 1.89. The number of aryl methyl sites for hydroxylation is 2. The molecule has 0 aliphatic heterocycles. The van der Waals surface area contributed by atoms with Crippen LogP contribution in [0.3, 0.4) is 0 Å². The summed E-state index contributed by atoms with van der Waals surface area (Å²) in [5, 5.41) is 0.861. The van der Waals surface area contributed by atoms with Crippen LogP contribution in [-0.2, 0) is 0 Å². The number of benzene rings is 1. The largest absolute Gasteiger partial charge is 0.443 e. The average Bonchev–Trinajstić information content (AvgIpc) is 2.69. The van der Waals surface area contributed by atoms with Crippen molar-refractivity contribution in [3.05, 3.63) is 46.7 Å². The summed E-state index contributed by atoms with van der Waals surface area (Å²) in [6.07, 6.45) is 1.34. The second kappa shape index (κ2) is 4.76. The average molecular weight is 293 g/mol. The van der Waals surface area contributed by atoms with Gasteiger partial charge in [0, 0.05) is 5.56 Å². The minimum Gasteiger partial charge on any atom is -0.443 e. The molecular formula is C14H10ClFN2O2. The van der Waals surface area contributed by atoms with E-state index in [4.69, 9.17) is 20.8 Å². The number of rotatable bonds is 2. The molecule has 0 fully saturated rings. The van der Waals surface area contributed by atoms with Crippen LogP contribution in [0.1, 0.15) is 11.3 Å². The van der Waals surface area contributed by atoms with Crippen LogP contribution in [-0.4, -0.2) is 9.97 Å². The van der Waals surface area contributed by atoms with E-state index in [-0.39, 0.29) is 5.02 Å². The molecule has 2 heterocycles. The fraction of sp³-hybridized carbons (Fsp3) is 0.143.